The number of nitrogens with one attached hydrogen (secondary N) is 1. The van der Waals surface area contributed by atoms with Crippen molar-refractivity contribution in [1.29, 1.82) is 0 Å². The quantitative estimate of drug-likeness (QED) is 0.688. The van der Waals surface area contributed by atoms with Crippen molar-refractivity contribution in [2.24, 2.45) is 5.73 Å². The summed E-state index contributed by atoms with van der Waals surface area (Å²) in [5.74, 6) is 0.0939. The van der Waals surface area contributed by atoms with E-state index in [1.165, 1.54) is 11.1 Å². The van der Waals surface area contributed by atoms with E-state index in [1.807, 2.05) is 43.9 Å². The van der Waals surface area contributed by atoms with Gasteiger partial charge in [0, 0.05) is 18.8 Å². The zero-order valence-corrected chi connectivity index (χ0v) is 17.2. The first-order valence-electron chi connectivity index (χ1n) is 9.87. The second-order valence-electron chi connectivity index (χ2n) is 7.84. The van der Waals surface area contributed by atoms with Crippen molar-refractivity contribution < 1.29 is 9.59 Å². The SMILES string of the molecule is Cc1cccc(C2CC(C(N)=O)N([C@@H](C)C(=O)NCc3ccc(N)nc3C)C2)c1. The summed E-state index contributed by atoms with van der Waals surface area (Å²) in [6.45, 7) is 6.70. The number of nitrogens with zero attached hydrogens (tertiary/aromatic N) is 2. The van der Waals surface area contributed by atoms with Crippen LogP contribution in [-0.2, 0) is 16.1 Å². The number of nitrogen functional groups attached to an aromatic ring is 1. The topological polar surface area (TPSA) is 114 Å². The molecule has 7 heteroatoms. The van der Waals surface area contributed by atoms with Crippen molar-refractivity contribution in [3.63, 3.8) is 0 Å². The number of anilines is 1. The van der Waals surface area contributed by atoms with Gasteiger partial charge in [0.1, 0.15) is 5.82 Å². The number of carbonyl (C=O) groups excluding carboxylic acids is 2. The van der Waals surface area contributed by atoms with E-state index < -0.39 is 18.0 Å². The highest BCUT2D eigenvalue weighted by Gasteiger charge is 2.40. The number of nitrogens with two attached hydrogens (primary N) is 2. The molecule has 1 aliphatic rings. The number of hydrogen-bond acceptors (Lipinski definition) is 5. The fourth-order valence-corrected chi connectivity index (χ4v) is 4.01. The molecule has 5 N–H and O–H groups in total. The molecule has 0 radical (unpaired) electrons. The van der Waals surface area contributed by atoms with Crippen LogP contribution in [0.5, 0.6) is 0 Å². The zero-order valence-electron chi connectivity index (χ0n) is 17.2. The van der Waals surface area contributed by atoms with Gasteiger partial charge in [0.05, 0.1) is 12.1 Å². The van der Waals surface area contributed by atoms with E-state index in [0.29, 0.717) is 25.3 Å². The van der Waals surface area contributed by atoms with Crippen LogP contribution in [0.1, 0.15) is 41.6 Å². The number of aromatic nitrogens is 1. The zero-order chi connectivity index (χ0) is 21.1. The Kier molecular flexibility index (Phi) is 6.17. The molecule has 154 valence electrons. The molecule has 2 amide bonds. The van der Waals surface area contributed by atoms with E-state index >= 15 is 0 Å². The fraction of sp³-hybridized carbons (Fsp3) is 0.409. The lowest BCUT2D eigenvalue weighted by molar-refractivity contribution is -0.129. The third-order valence-corrected chi connectivity index (χ3v) is 5.73. The Morgan fingerprint density at radius 2 is 2.03 bits per heavy atom. The van der Waals surface area contributed by atoms with E-state index in [4.69, 9.17) is 11.5 Å². The summed E-state index contributed by atoms with van der Waals surface area (Å²) in [6.07, 6.45) is 0.622. The maximum absolute atomic E-state index is 12.8. The number of pyridine rings is 1. The molecular formula is C22H29N5O2. The fourth-order valence-electron chi connectivity index (χ4n) is 4.01. The number of hydrogen-bond donors (Lipinski definition) is 3. The lowest BCUT2D eigenvalue weighted by Crippen LogP contribution is -2.51. The third kappa shape index (κ3) is 4.74. The van der Waals surface area contributed by atoms with Crippen LogP contribution in [0.3, 0.4) is 0 Å². The van der Waals surface area contributed by atoms with Gasteiger partial charge in [-0.3, -0.25) is 14.5 Å². The van der Waals surface area contributed by atoms with Crippen LogP contribution >= 0.6 is 0 Å². The molecule has 2 heterocycles. The Balaban J connectivity index is 1.69. The molecule has 29 heavy (non-hydrogen) atoms. The predicted octanol–water partition coefficient (Wildman–Crippen LogP) is 1.63. The number of rotatable bonds is 6. The molecule has 7 nitrogen and oxygen atoms in total. The van der Waals surface area contributed by atoms with Crippen molar-refractivity contribution in [3.05, 3.63) is 58.8 Å². The molecular weight excluding hydrogens is 366 g/mol. The van der Waals surface area contributed by atoms with Gasteiger partial charge in [0.15, 0.2) is 0 Å². The summed E-state index contributed by atoms with van der Waals surface area (Å²) in [7, 11) is 0. The van der Waals surface area contributed by atoms with E-state index in [0.717, 1.165) is 11.3 Å². The summed E-state index contributed by atoms with van der Waals surface area (Å²) in [6, 6.07) is 10.9. The van der Waals surface area contributed by atoms with Gasteiger partial charge < -0.3 is 16.8 Å². The minimum Gasteiger partial charge on any atom is -0.384 e. The molecule has 0 bridgehead atoms. The van der Waals surface area contributed by atoms with Gasteiger partial charge in [-0.1, -0.05) is 35.9 Å². The summed E-state index contributed by atoms with van der Waals surface area (Å²) in [5.41, 5.74) is 15.4. The second kappa shape index (κ2) is 8.61. The summed E-state index contributed by atoms with van der Waals surface area (Å²) in [4.78, 5) is 31.0. The number of benzene rings is 1. The van der Waals surface area contributed by atoms with Crippen molar-refractivity contribution >= 4 is 17.6 Å². The first-order chi connectivity index (χ1) is 13.8. The van der Waals surface area contributed by atoms with Crippen molar-refractivity contribution in [2.45, 2.75) is 51.7 Å². The van der Waals surface area contributed by atoms with E-state index in [-0.39, 0.29) is 11.8 Å². The Bertz CT molecular complexity index is 914. The number of aryl methyl sites for hydroxylation is 2. The minimum atomic E-state index is -0.468. The van der Waals surface area contributed by atoms with Crippen LogP contribution in [0.4, 0.5) is 5.82 Å². The molecule has 1 saturated heterocycles. The summed E-state index contributed by atoms with van der Waals surface area (Å²) >= 11 is 0. The van der Waals surface area contributed by atoms with Crippen LogP contribution < -0.4 is 16.8 Å². The molecule has 2 aromatic rings. The number of amides is 2. The monoisotopic (exact) mass is 395 g/mol. The highest BCUT2D eigenvalue weighted by Crippen LogP contribution is 2.33. The number of carbonyl (C=O) groups is 2. The van der Waals surface area contributed by atoms with Crippen LogP contribution in [0.25, 0.3) is 0 Å². The molecule has 3 atom stereocenters. The largest absolute Gasteiger partial charge is 0.384 e. The van der Waals surface area contributed by atoms with Gasteiger partial charge in [0.25, 0.3) is 0 Å². The van der Waals surface area contributed by atoms with Gasteiger partial charge in [-0.2, -0.15) is 0 Å². The predicted molar refractivity (Wildman–Crippen MR) is 113 cm³/mol. The number of primary amides is 1. The molecule has 3 rings (SSSR count). The first kappa shape index (κ1) is 20.8. The molecule has 0 saturated carbocycles. The maximum Gasteiger partial charge on any atom is 0.237 e. The Labute approximate surface area is 171 Å². The maximum atomic E-state index is 12.8. The molecule has 1 aromatic heterocycles. The Morgan fingerprint density at radius 1 is 1.28 bits per heavy atom. The van der Waals surface area contributed by atoms with E-state index in [9.17, 15) is 9.59 Å². The smallest absolute Gasteiger partial charge is 0.237 e. The van der Waals surface area contributed by atoms with Crippen LogP contribution in [-0.4, -0.2) is 40.3 Å². The average molecular weight is 396 g/mol. The summed E-state index contributed by atoms with van der Waals surface area (Å²) < 4.78 is 0. The highest BCUT2D eigenvalue weighted by atomic mass is 16.2. The van der Waals surface area contributed by atoms with Gasteiger partial charge in [-0.05, 0) is 50.3 Å². The molecule has 2 unspecified atom stereocenters. The lowest BCUT2D eigenvalue weighted by Gasteiger charge is -2.28. The third-order valence-electron chi connectivity index (χ3n) is 5.73. The van der Waals surface area contributed by atoms with Gasteiger partial charge >= 0.3 is 0 Å². The minimum absolute atomic E-state index is 0.141. The normalized spacial score (nSPS) is 20.4. The molecule has 0 spiro atoms. The van der Waals surface area contributed by atoms with Gasteiger partial charge in [-0.25, -0.2) is 4.98 Å². The Morgan fingerprint density at radius 3 is 2.69 bits per heavy atom. The van der Waals surface area contributed by atoms with Crippen LogP contribution in [0, 0.1) is 13.8 Å². The van der Waals surface area contributed by atoms with Crippen molar-refractivity contribution in [3.8, 4) is 0 Å². The second-order valence-corrected chi connectivity index (χ2v) is 7.84. The molecule has 0 aliphatic carbocycles. The van der Waals surface area contributed by atoms with Gasteiger partial charge in [0.2, 0.25) is 11.8 Å². The first-order valence-corrected chi connectivity index (χ1v) is 9.87. The average Bonchev–Trinajstić information content (AvgIpc) is 3.12. The molecule has 1 aromatic carbocycles. The van der Waals surface area contributed by atoms with E-state index in [2.05, 4.69) is 22.4 Å². The standard InChI is InChI=1S/C22H29N5O2/c1-13-5-4-6-16(9-13)18-10-19(21(24)28)27(12-18)15(3)22(29)25-11-17-7-8-20(23)26-14(17)2/h4-9,15,18-19H,10-12H2,1-3H3,(H2,23,26)(H2,24,28)(H,25,29)/t15-,18?,19?/m0/s1. The summed E-state index contributed by atoms with van der Waals surface area (Å²) in [5, 5.41) is 2.95. The molecule has 1 aliphatic heterocycles. The number of likely N-dealkylation sites (tertiary alicyclic amines) is 1. The van der Waals surface area contributed by atoms with Crippen molar-refractivity contribution in [2.75, 3.05) is 12.3 Å². The van der Waals surface area contributed by atoms with Gasteiger partial charge in [-0.15, -0.1) is 0 Å². The van der Waals surface area contributed by atoms with Crippen molar-refractivity contribution in [1.82, 2.24) is 15.2 Å². The van der Waals surface area contributed by atoms with Crippen LogP contribution in [0.15, 0.2) is 36.4 Å². The van der Waals surface area contributed by atoms with E-state index in [1.54, 1.807) is 6.07 Å². The Hall–Kier alpha value is -2.93. The highest BCUT2D eigenvalue weighted by molar-refractivity contribution is 5.84. The molecule has 1 fully saturated rings. The lowest BCUT2D eigenvalue weighted by atomic mass is 9.95. The van der Waals surface area contributed by atoms with Crippen LogP contribution in [0.2, 0.25) is 0 Å².